The first-order chi connectivity index (χ1) is 11.0. The summed E-state index contributed by atoms with van der Waals surface area (Å²) in [4.78, 5) is 28.4. The van der Waals surface area contributed by atoms with Crippen LogP contribution in [0, 0.1) is 0 Å². The van der Waals surface area contributed by atoms with Gasteiger partial charge in [-0.05, 0) is 24.6 Å². The van der Waals surface area contributed by atoms with Crippen molar-refractivity contribution in [3.05, 3.63) is 34.9 Å². The molecule has 1 aromatic rings. The number of fused-ring (bicyclic) bond motifs is 1. The Bertz CT molecular complexity index is 605. The number of rotatable bonds is 3. The molecule has 0 unspecified atom stereocenters. The molecule has 0 saturated carbocycles. The topological polar surface area (TPSA) is 72.9 Å². The first-order valence-electron chi connectivity index (χ1n) is 7.71. The van der Waals surface area contributed by atoms with E-state index in [2.05, 4.69) is 10.2 Å². The smallest absolute Gasteiger partial charge is 0.248 e. The summed E-state index contributed by atoms with van der Waals surface area (Å²) >= 11 is 5.89. The third-order valence-corrected chi connectivity index (χ3v) is 4.67. The summed E-state index contributed by atoms with van der Waals surface area (Å²) < 4.78 is 0. The van der Waals surface area contributed by atoms with E-state index in [1.165, 1.54) is 6.92 Å². The molecule has 3 rings (SSSR count). The number of halogens is 1. The summed E-state index contributed by atoms with van der Waals surface area (Å²) in [7, 11) is 0. The van der Waals surface area contributed by atoms with Crippen molar-refractivity contribution >= 4 is 23.4 Å². The Morgan fingerprint density at radius 3 is 2.65 bits per heavy atom. The molecule has 6 nitrogen and oxygen atoms in total. The molecule has 2 aliphatic rings. The van der Waals surface area contributed by atoms with E-state index in [0.717, 1.165) is 5.56 Å². The molecular formula is C16H20ClN3O3. The summed E-state index contributed by atoms with van der Waals surface area (Å²) in [6.07, 6.45) is -0.889. The molecule has 2 amide bonds. The minimum absolute atomic E-state index is 0.198. The number of carbonyl (C=O) groups is 2. The van der Waals surface area contributed by atoms with Gasteiger partial charge < -0.3 is 15.3 Å². The highest BCUT2D eigenvalue weighted by Crippen LogP contribution is 2.19. The molecule has 124 valence electrons. The van der Waals surface area contributed by atoms with E-state index in [-0.39, 0.29) is 11.8 Å². The molecule has 0 radical (unpaired) electrons. The summed E-state index contributed by atoms with van der Waals surface area (Å²) in [5.74, 6) is -0.396. The molecule has 23 heavy (non-hydrogen) atoms. The molecule has 2 saturated heterocycles. The van der Waals surface area contributed by atoms with Crippen LogP contribution in [0.15, 0.2) is 24.3 Å². The average molecular weight is 338 g/mol. The lowest BCUT2D eigenvalue weighted by atomic mass is 10.0. The van der Waals surface area contributed by atoms with Gasteiger partial charge in [0.25, 0.3) is 0 Å². The van der Waals surface area contributed by atoms with Crippen LogP contribution in [0.4, 0.5) is 0 Å². The van der Waals surface area contributed by atoms with Gasteiger partial charge in [-0.2, -0.15) is 0 Å². The molecule has 3 atom stereocenters. The number of hydrogen-bond donors (Lipinski definition) is 2. The number of piperazine rings is 2. The zero-order valence-electron chi connectivity index (χ0n) is 12.9. The first-order valence-corrected chi connectivity index (χ1v) is 8.09. The molecule has 1 aromatic carbocycles. The number of aliphatic hydroxyl groups is 1. The minimum Gasteiger partial charge on any atom is -0.391 e. The number of carbonyl (C=O) groups excluding carboxylic acids is 2. The van der Waals surface area contributed by atoms with Crippen LogP contribution >= 0.6 is 11.6 Å². The number of aliphatic hydroxyl groups excluding tert-OH is 1. The summed E-state index contributed by atoms with van der Waals surface area (Å²) in [5.41, 5.74) is 1.12. The normalized spacial score (nSPS) is 26.7. The fourth-order valence-electron chi connectivity index (χ4n) is 3.14. The number of amides is 2. The van der Waals surface area contributed by atoms with Crippen LogP contribution in [-0.2, 0) is 16.1 Å². The van der Waals surface area contributed by atoms with Gasteiger partial charge >= 0.3 is 0 Å². The molecule has 0 aromatic heterocycles. The van der Waals surface area contributed by atoms with E-state index in [4.69, 9.17) is 11.6 Å². The maximum Gasteiger partial charge on any atom is 0.248 e. The van der Waals surface area contributed by atoms with Gasteiger partial charge in [0.15, 0.2) is 0 Å². The first kappa shape index (κ1) is 16.2. The lowest BCUT2D eigenvalue weighted by Gasteiger charge is -2.45. The molecule has 0 spiro atoms. The Morgan fingerprint density at radius 2 is 2.00 bits per heavy atom. The second kappa shape index (κ2) is 6.47. The molecule has 0 bridgehead atoms. The van der Waals surface area contributed by atoms with Crippen LogP contribution in [0.5, 0.6) is 0 Å². The summed E-state index contributed by atoms with van der Waals surface area (Å²) in [6, 6.07) is 6.29. The highest BCUT2D eigenvalue weighted by molar-refractivity contribution is 6.30. The monoisotopic (exact) mass is 337 g/mol. The van der Waals surface area contributed by atoms with Gasteiger partial charge in [0.1, 0.15) is 12.1 Å². The van der Waals surface area contributed by atoms with E-state index >= 15 is 0 Å². The second-order valence-corrected chi connectivity index (χ2v) is 6.57. The van der Waals surface area contributed by atoms with E-state index < -0.39 is 18.2 Å². The van der Waals surface area contributed by atoms with Gasteiger partial charge in [-0.15, -0.1) is 0 Å². The van der Waals surface area contributed by atoms with Crippen LogP contribution in [0.1, 0.15) is 12.5 Å². The van der Waals surface area contributed by atoms with Gasteiger partial charge in [0.2, 0.25) is 11.8 Å². The van der Waals surface area contributed by atoms with Crippen molar-refractivity contribution in [3.63, 3.8) is 0 Å². The van der Waals surface area contributed by atoms with Gasteiger partial charge in [-0.1, -0.05) is 23.7 Å². The zero-order chi connectivity index (χ0) is 16.6. The van der Waals surface area contributed by atoms with E-state index in [1.807, 2.05) is 24.3 Å². The number of hydrogen-bond acceptors (Lipinski definition) is 4. The van der Waals surface area contributed by atoms with Gasteiger partial charge in [-0.3, -0.25) is 14.5 Å². The van der Waals surface area contributed by atoms with Crippen LogP contribution in [0.2, 0.25) is 5.02 Å². The fourth-order valence-corrected chi connectivity index (χ4v) is 3.26. The van der Waals surface area contributed by atoms with Crippen molar-refractivity contribution in [3.8, 4) is 0 Å². The predicted molar refractivity (Wildman–Crippen MR) is 85.8 cm³/mol. The number of nitrogens with zero attached hydrogens (tertiary/aromatic N) is 2. The van der Waals surface area contributed by atoms with Crippen LogP contribution in [0.25, 0.3) is 0 Å². The molecule has 2 heterocycles. The molecule has 2 fully saturated rings. The standard InChI is InChI=1S/C16H20ClN3O3/c1-10(21)14-16(23)20-7-6-19(9-13(20)15(22)18-14)8-11-2-4-12(17)5-3-11/h2-5,10,13-14,21H,6-9H2,1H3,(H,18,22)/t10-,13+,14+/m0/s1. The lowest BCUT2D eigenvalue weighted by Crippen LogP contribution is -2.70. The lowest BCUT2D eigenvalue weighted by molar-refractivity contribution is -0.156. The predicted octanol–water partition coefficient (Wildman–Crippen LogP) is 0.232. The Hall–Kier alpha value is -1.63. The van der Waals surface area contributed by atoms with E-state index in [0.29, 0.717) is 31.2 Å². The molecule has 7 heteroatoms. The van der Waals surface area contributed by atoms with Crippen LogP contribution in [-0.4, -0.2) is 64.5 Å². The minimum atomic E-state index is -0.889. The quantitative estimate of drug-likeness (QED) is 0.828. The third kappa shape index (κ3) is 3.34. The fraction of sp³-hybridized carbons (Fsp3) is 0.500. The third-order valence-electron chi connectivity index (χ3n) is 4.42. The van der Waals surface area contributed by atoms with E-state index in [1.54, 1.807) is 4.90 Å². The summed E-state index contributed by atoms with van der Waals surface area (Å²) in [5, 5.41) is 13.0. The summed E-state index contributed by atoms with van der Waals surface area (Å²) in [6.45, 7) is 3.91. The highest BCUT2D eigenvalue weighted by Gasteiger charge is 2.44. The maximum absolute atomic E-state index is 12.4. The zero-order valence-corrected chi connectivity index (χ0v) is 13.7. The molecule has 2 N–H and O–H groups in total. The van der Waals surface area contributed by atoms with Crippen molar-refractivity contribution in [2.45, 2.75) is 31.7 Å². The highest BCUT2D eigenvalue weighted by atomic mass is 35.5. The molecule has 2 aliphatic heterocycles. The van der Waals surface area contributed by atoms with Gasteiger partial charge in [0, 0.05) is 31.2 Å². The number of benzene rings is 1. The Labute approximate surface area is 140 Å². The van der Waals surface area contributed by atoms with Gasteiger partial charge in [-0.25, -0.2) is 0 Å². The number of nitrogens with one attached hydrogen (secondary N) is 1. The van der Waals surface area contributed by atoms with Crippen molar-refractivity contribution in [1.82, 2.24) is 15.1 Å². The largest absolute Gasteiger partial charge is 0.391 e. The van der Waals surface area contributed by atoms with E-state index in [9.17, 15) is 14.7 Å². The Morgan fingerprint density at radius 1 is 1.30 bits per heavy atom. The van der Waals surface area contributed by atoms with Crippen molar-refractivity contribution < 1.29 is 14.7 Å². The molecule has 0 aliphatic carbocycles. The molecular weight excluding hydrogens is 318 g/mol. The maximum atomic E-state index is 12.4. The average Bonchev–Trinajstić information content (AvgIpc) is 2.53. The van der Waals surface area contributed by atoms with Crippen molar-refractivity contribution in [2.24, 2.45) is 0 Å². The van der Waals surface area contributed by atoms with Crippen molar-refractivity contribution in [2.75, 3.05) is 19.6 Å². The van der Waals surface area contributed by atoms with Crippen LogP contribution < -0.4 is 5.32 Å². The second-order valence-electron chi connectivity index (χ2n) is 6.14. The Kier molecular flexibility index (Phi) is 4.57. The Balaban J connectivity index is 1.67. The SMILES string of the molecule is C[C@H](O)[C@H]1NC(=O)[C@H]2CN(Cc3ccc(Cl)cc3)CCN2C1=O. The van der Waals surface area contributed by atoms with Crippen LogP contribution in [0.3, 0.4) is 0 Å². The van der Waals surface area contributed by atoms with Crippen molar-refractivity contribution in [1.29, 1.82) is 0 Å². The van der Waals surface area contributed by atoms with Gasteiger partial charge in [0.05, 0.1) is 6.10 Å².